The fourth-order valence-electron chi connectivity index (χ4n) is 3.65. The number of aromatic nitrogens is 3. The van der Waals surface area contributed by atoms with Crippen LogP contribution in [0.3, 0.4) is 0 Å². The maximum absolute atomic E-state index is 12.7. The third-order valence-electron chi connectivity index (χ3n) is 5.12. The number of carbonyl (C=O) groups is 1. The molecule has 1 atom stereocenters. The van der Waals surface area contributed by atoms with E-state index in [0.717, 1.165) is 30.9 Å². The van der Waals surface area contributed by atoms with Crippen LogP contribution in [0, 0.1) is 5.92 Å². The summed E-state index contributed by atoms with van der Waals surface area (Å²) in [6, 6.07) is 11.4. The predicted octanol–water partition coefficient (Wildman–Crippen LogP) is 4.28. The SMILES string of the molecule is CCOc1ccc(-n2c(SCC(=O)N3CCCC(C)C3)nnc2-c2ccco2)cc1. The third-order valence-corrected chi connectivity index (χ3v) is 6.03. The Hall–Kier alpha value is -2.74. The molecule has 1 saturated heterocycles. The average molecular weight is 427 g/mol. The Kier molecular flexibility index (Phi) is 6.42. The summed E-state index contributed by atoms with van der Waals surface area (Å²) in [5.41, 5.74) is 0.886. The lowest BCUT2D eigenvalue weighted by Crippen LogP contribution is -2.40. The monoisotopic (exact) mass is 426 g/mol. The molecule has 158 valence electrons. The van der Waals surface area contributed by atoms with Crippen molar-refractivity contribution in [2.45, 2.75) is 31.8 Å². The van der Waals surface area contributed by atoms with Gasteiger partial charge in [0, 0.05) is 13.1 Å². The zero-order chi connectivity index (χ0) is 20.9. The van der Waals surface area contributed by atoms with Crippen molar-refractivity contribution < 1.29 is 13.9 Å². The summed E-state index contributed by atoms with van der Waals surface area (Å²) < 4.78 is 13.0. The normalized spacial score (nSPS) is 16.6. The van der Waals surface area contributed by atoms with E-state index in [1.807, 2.05) is 52.8 Å². The number of furan rings is 1. The summed E-state index contributed by atoms with van der Waals surface area (Å²) in [4.78, 5) is 14.7. The summed E-state index contributed by atoms with van der Waals surface area (Å²) in [6.45, 7) is 6.44. The van der Waals surface area contributed by atoms with Crippen LogP contribution in [0.2, 0.25) is 0 Å². The van der Waals surface area contributed by atoms with Crippen LogP contribution < -0.4 is 4.74 Å². The van der Waals surface area contributed by atoms with Crippen LogP contribution in [0.1, 0.15) is 26.7 Å². The molecule has 0 radical (unpaired) electrons. The first-order valence-electron chi connectivity index (χ1n) is 10.3. The number of piperidine rings is 1. The van der Waals surface area contributed by atoms with E-state index in [1.54, 1.807) is 6.26 Å². The molecule has 1 aliphatic heterocycles. The maximum atomic E-state index is 12.7. The highest BCUT2D eigenvalue weighted by Crippen LogP contribution is 2.29. The quantitative estimate of drug-likeness (QED) is 0.525. The van der Waals surface area contributed by atoms with Gasteiger partial charge in [-0.1, -0.05) is 18.7 Å². The van der Waals surface area contributed by atoms with Crippen LogP contribution in [0.25, 0.3) is 17.3 Å². The zero-order valence-corrected chi connectivity index (χ0v) is 18.1. The second-order valence-corrected chi connectivity index (χ2v) is 8.36. The molecule has 8 heteroatoms. The molecule has 2 aromatic heterocycles. The van der Waals surface area contributed by atoms with Gasteiger partial charge in [0.2, 0.25) is 11.7 Å². The summed E-state index contributed by atoms with van der Waals surface area (Å²) in [5, 5.41) is 9.35. The van der Waals surface area contributed by atoms with Crippen LogP contribution >= 0.6 is 11.8 Å². The van der Waals surface area contributed by atoms with E-state index >= 15 is 0 Å². The minimum Gasteiger partial charge on any atom is -0.494 e. The smallest absolute Gasteiger partial charge is 0.233 e. The van der Waals surface area contributed by atoms with Crippen LogP contribution in [0.15, 0.2) is 52.2 Å². The Morgan fingerprint density at radius 3 is 2.80 bits per heavy atom. The largest absolute Gasteiger partial charge is 0.494 e. The first-order valence-corrected chi connectivity index (χ1v) is 11.3. The Balaban J connectivity index is 1.57. The Morgan fingerprint density at radius 1 is 1.27 bits per heavy atom. The molecular weight excluding hydrogens is 400 g/mol. The van der Waals surface area contributed by atoms with Crippen molar-refractivity contribution in [1.82, 2.24) is 19.7 Å². The highest BCUT2D eigenvalue weighted by molar-refractivity contribution is 7.99. The molecule has 0 aliphatic carbocycles. The van der Waals surface area contributed by atoms with Gasteiger partial charge in [0.25, 0.3) is 0 Å². The number of ether oxygens (including phenoxy) is 1. The molecule has 3 aromatic rings. The Labute approximate surface area is 180 Å². The van der Waals surface area contributed by atoms with Gasteiger partial charge in [-0.05, 0) is 62.1 Å². The Morgan fingerprint density at radius 2 is 2.10 bits per heavy atom. The topological polar surface area (TPSA) is 73.4 Å². The summed E-state index contributed by atoms with van der Waals surface area (Å²) in [5.74, 6) is 3.07. The van der Waals surface area contributed by atoms with Crippen molar-refractivity contribution in [2.24, 2.45) is 5.92 Å². The standard InChI is InChI=1S/C22H26N4O3S/c1-3-28-18-10-8-17(9-11-18)26-21(19-7-5-13-29-19)23-24-22(26)30-15-20(27)25-12-4-6-16(2)14-25/h5,7-11,13,16H,3-4,6,12,14-15H2,1-2H3. The minimum atomic E-state index is 0.146. The highest BCUT2D eigenvalue weighted by atomic mass is 32.2. The van der Waals surface area contributed by atoms with Gasteiger partial charge in [0.15, 0.2) is 10.9 Å². The molecule has 0 N–H and O–H groups in total. The maximum Gasteiger partial charge on any atom is 0.233 e. The number of carbonyl (C=O) groups excluding carboxylic acids is 1. The van der Waals surface area contributed by atoms with Crippen molar-refractivity contribution in [3.63, 3.8) is 0 Å². The summed E-state index contributed by atoms with van der Waals surface area (Å²) >= 11 is 1.40. The van der Waals surface area contributed by atoms with Gasteiger partial charge < -0.3 is 14.1 Å². The Bertz CT molecular complexity index is 969. The molecule has 0 bridgehead atoms. The van der Waals surface area contributed by atoms with Gasteiger partial charge in [-0.2, -0.15) is 0 Å². The van der Waals surface area contributed by atoms with E-state index in [-0.39, 0.29) is 5.91 Å². The van der Waals surface area contributed by atoms with E-state index in [9.17, 15) is 4.79 Å². The lowest BCUT2D eigenvalue weighted by Gasteiger charge is -2.30. The minimum absolute atomic E-state index is 0.146. The fourth-order valence-corrected chi connectivity index (χ4v) is 4.51. The van der Waals surface area contributed by atoms with Gasteiger partial charge in [-0.25, -0.2) is 0 Å². The molecule has 1 fully saturated rings. The molecule has 7 nitrogen and oxygen atoms in total. The number of benzene rings is 1. The summed E-state index contributed by atoms with van der Waals surface area (Å²) in [6.07, 6.45) is 3.87. The summed E-state index contributed by atoms with van der Waals surface area (Å²) in [7, 11) is 0. The lowest BCUT2D eigenvalue weighted by molar-refractivity contribution is -0.130. The van der Waals surface area contributed by atoms with Crippen LogP contribution in [0.5, 0.6) is 5.75 Å². The first-order chi connectivity index (χ1) is 14.7. The van der Waals surface area contributed by atoms with Gasteiger partial charge in [-0.15, -0.1) is 10.2 Å². The van der Waals surface area contributed by atoms with Crippen LogP contribution in [-0.2, 0) is 4.79 Å². The predicted molar refractivity (Wildman–Crippen MR) is 116 cm³/mol. The average Bonchev–Trinajstić information content (AvgIpc) is 3.42. The van der Waals surface area contributed by atoms with Crippen molar-refractivity contribution in [1.29, 1.82) is 0 Å². The lowest BCUT2D eigenvalue weighted by atomic mass is 10.0. The molecular formula is C22H26N4O3S. The van der Waals surface area contributed by atoms with Crippen molar-refractivity contribution in [2.75, 3.05) is 25.4 Å². The zero-order valence-electron chi connectivity index (χ0n) is 17.3. The molecule has 1 aliphatic rings. The number of amides is 1. The number of hydrogen-bond acceptors (Lipinski definition) is 6. The van der Waals surface area contributed by atoms with E-state index < -0.39 is 0 Å². The van der Waals surface area contributed by atoms with Gasteiger partial charge in [0.1, 0.15) is 5.75 Å². The van der Waals surface area contributed by atoms with Gasteiger partial charge >= 0.3 is 0 Å². The number of rotatable bonds is 7. The van der Waals surface area contributed by atoms with Crippen LogP contribution in [0.4, 0.5) is 0 Å². The van der Waals surface area contributed by atoms with E-state index in [4.69, 9.17) is 9.15 Å². The third kappa shape index (κ3) is 4.53. The fraction of sp³-hybridized carbons (Fsp3) is 0.409. The molecule has 0 spiro atoms. The molecule has 1 unspecified atom stereocenters. The van der Waals surface area contributed by atoms with Crippen LogP contribution in [-0.4, -0.2) is 51.0 Å². The molecule has 0 saturated carbocycles. The highest BCUT2D eigenvalue weighted by Gasteiger charge is 2.23. The van der Waals surface area contributed by atoms with Crippen molar-refractivity contribution in [3.8, 4) is 23.0 Å². The molecule has 1 amide bonds. The molecule has 4 rings (SSSR count). The van der Waals surface area contributed by atoms with E-state index in [2.05, 4.69) is 17.1 Å². The number of hydrogen-bond donors (Lipinski definition) is 0. The van der Waals surface area contributed by atoms with E-state index in [0.29, 0.717) is 35.0 Å². The molecule has 3 heterocycles. The number of thioether (sulfide) groups is 1. The number of nitrogens with zero attached hydrogens (tertiary/aromatic N) is 4. The first kappa shape index (κ1) is 20.5. The number of likely N-dealkylation sites (tertiary alicyclic amines) is 1. The van der Waals surface area contributed by atoms with E-state index in [1.165, 1.54) is 18.2 Å². The van der Waals surface area contributed by atoms with Crippen molar-refractivity contribution >= 4 is 17.7 Å². The molecule has 30 heavy (non-hydrogen) atoms. The van der Waals surface area contributed by atoms with Crippen molar-refractivity contribution in [3.05, 3.63) is 42.7 Å². The second-order valence-electron chi connectivity index (χ2n) is 7.42. The molecule has 1 aromatic carbocycles. The second kappa shape index (κ2) is 9.38. The van der Waals surface area contributed by atoms with Gasteiger partial charge in [-0.3, -0.25) is 9.36 Å². The van der Waals surface area contributed by atoms with Gasteiger partial charge in [0.05, 0.1) is 24.3 Å².